The van der Waals surface area contributed by atoms with E-state index < -0.39 is 0 Å². The second-order valence-electron chi connectivity index (χ2n) is 4.29. The summed E-state index contributed by atoms with van der Waals surface area (Å²) in [5, 5.41) is 11.5. The second-order valence-corrected chi connectivity index (χ2v) is 5.27. The van der Waals surface area contributed by atoms with Crippen LogP contribution in [-0.2, 0) is 6.42 Å². The van der Waals surface area contributed by atoms with E-state index in [4.69, 9.17) is 9.47 Å². The van der Waals surface area contributed by atoms with Crippen molar-refractivity contribution in [3.8, 4) is 11.5 Å². The van der Waals surface area contributed by atoms with E-state index in [1.165, 1.54) is 4.88 Å². The quantitative estimate of drug-likeness (QED) is 0.920. The number of thiophene rings is 1. The van der Waals surface area contributed by atoms with E-state index >= 15 is 0 Å². The molecule has 0 aliphatic carbocycles. The van der Waals surface area contributed by atoms with E-state index in [9.17, 15) is 5.11 Å². The van der Waals surface area contributed by atoms with Crippen molar-refractivity contribution in [2.24, 2.45) is 0 Å². The molecule has 0 amide bonds. The number of rotatable bonds is 4. The average Bonchev–Trinajstić information content (AvgIpc) is 3.06. The summed E-state index contributed by atoms with van der Waals surface area (Å²) in [4.78, 5) is 1.22. The van der Waals surface area contributed by atoms with E-state index in [-0.39, 0.29) is 12.5 Å². The number of fused-ring (bicyclic) bond motifs is 1. The van der Waals surface area contributed by atoms with Crippen molar-refractivity contribution in [2.45, 2.75) is 12.3 Å². The van der Waals surface area contributed by atoms with Gasteiger partial charge in [0.1, 0.15) is 0 Å². The molecule has 1 aromatic carbocycles. The summed E-state index contributed by atoms with van der Waals surface area (Å²) in [5.74, 6) is 1.76. The minimum absolute atomic E-state index is 0.158. The largest absolute Gasteiger partial charge is 0.454 e. The van der Waals surface area contributed by atoms with Gasteiger partial charge in [-0.1, -0.05) is 12.1 Å². The Bertz CT molecular complexity index is 522. The van der Waals surface area contributed by atoms with Crippen LogP contribution < -0.4 is 9.47 Å². The van der Waals surface area contributed by atoms with Crippen molar-refractivity contribution in [1.29, 1.82) is 0 Å². The van der Waals surface area contributed by atoms with Gasteiger partial charge in [0.2, 0.25) is 6.79 Å². The van der Waals surface area contributed by atoms with Crippen LogP contribution >= 0.6 is 11.3 Å². The standard InChI is InChI=1S/C14H14O3S/c15-8-11(14-2-1-5-18-14)6-10-3-4-12-13(7-10)17-9-16-12/h1-5,7,11,15H,6,8-9H2. The summed E-state index contributed by atoms with van der Waals surface area (Å²) < 4.78 is 10.7. The molecule has 4 heteroatoms. The third-order valence-electron chi connectivity index (χ3n) is 3.09. The van der Waals surface area contributed by atoms with E-state index in [0.717, 1.165) is 23.5 Å². The predicted molar refractivity (Wildman–Crippen MR) is 70.4 cm³/mol. The fourth-order valence-electron chi connectivity index (χ4n) is 2.13. The lowest BCUT2D eigenvalue weighted by molar-refractivity contribution is 0.174. The first-order valence-electron chi connectivity index (χ1n) is 5.89. The molecule has 0 radical (unpaired) electrons. The van der Waals surface area contributed by atoms with Gasteiger partial charge in [-0.05, 0) is 35.6 Å². The van der Waals surface area contributed by atoms with Crippen LogP contribution in [0.5, 0.6) is 11.5 Å². The van der Waals surface area contributed by atoms with Crippen LogP contribution in [0.15, 0.2) is 35.7 Å². The molecule has 2 aromatic rings. The smallest absolute Gasteiger partial charge is 0.231 e. The monoisotopic (exact) mass is 262 g/mol. The number of benzene rings is 1. The average molecular weight is 262 g/mol. The van der Waals surface area contributed by atoms with Gasteiger partial charge < -0.3 is 14.6 Å². The van der Waals surface area contributed by atoms with Gasteiger partial charge in [0.25, 0.3) is 0 Å². The first-order valence-corrected chi connectivity index (χ1v) is 6.77. The number of ether oxygens (including phenoxy) is 2. The molecular weight excluding hydrogens is 248 g/mol. The number of aliphatic hydroxyl groups is 1. The molecule has 2 heterocycles. The molecule has 94 valence electrons. The van der Waals surface area contributed by atoms with E-state index in [1.807, 2.05) is 29.6 Å². The summed E-state index contributed by atoms with van der Waals surface area (Å²) in [6.45, 7) is 0.460. The van der Waals surface area contributed by atoms with Crippen LogP contribution in [0.3, 0.4) is 0 Å². The topological polar surface area (TPSA) is 38.7 Å². The zero-order valence-electron chi connectivity index (χ0n) is 9.83. The van der Waals surface area contributed by atoms with Crippen LogP contribution in [0.1, 0.15) is 16.4 Å². The van der Waals surface area contributed by atoms with E-state index in [0.29, 0.717) is 6.79 Å². The molecule has 1 atom stereocenters. The van der Waals surface area contributed by atoms with Crippen LogP contribution in [0, 0.1) is 0 Å². The molecular formula is C14H14O3S. The van der Waals surface area contributed by atoms with Crippen molar-refractivity contribution < 1.29 is 14.6 Å². The van der Waals surface area contributed by atoms with Gasteiger partial charge in [-0.3, -0.25) is 0 Å². The van der Waals surface area contributed by atoms with Crippen LogP contribution in [0.4, 0.5) is 0 Å². The zero-order chi connectivity index (χ0) is 12.4. The van der Waals surface area contributed by atoms with Gasteiger partial charge in [-0.15, -0.1) is 11.3 Å². The summed E-state index contributed by atoms with van der Waals surface area (Å²) in [7, 11) is 0. The Morgan fingerprint density at radius 3 is 2.89 bits per heavy atom. The molecule has 18 heavy (non-hydrogen) atoms. The van der Waals surface area contributed by atoms with Gasteiger partial charge >= 0.3 is 0 Å². The molecule has 1 unspecified atom stereocenters. The Balaban J connectivity index is 1.79. The highest BCUT2D eigenvalue weighted by molar-refractivity contribution is 7.10. The lowest BCUT2D eigenvalue weighted by Crippen LogP contribution is -2.06. The summed E-state index contributed by atoms with van der Waals surface area (Å²) in [5.41, 5.74) is 1.16. The molecule has 0 saturated heterocycles. The van der Waals surface area contributed by atoms with Crippen molar-refractivity contribution in [2.75, 3.05) is 13.4 Å². The van der Waals surface area contributed by atoms with Crippen molar-refractivity contribution >= 4 is 11.3 Å². The van der Waals surface area contributed by atoms with Gasteiger partial charge in [-0.25, -0.2) is 0 Å². The molecule has 0 saturated carbocycles. The molecule has 0 spiro atoms. The SMILES string of the molecule is OCC(Cc1ccc2c(c1)OCO2)c1cccs1. The highest BCUT2D eigenvalue weighted by Crippen LogP contribution is 2.34. The zero-order valence-corrected chi connectivity index (χ0v) is 10.7. The summed E-state index contributed by atoms with van der Waals surface area (Å²) in [6.07, 6.45) is 0.813. The summed E-state index contributed by atoms with van der Waals surface area (Å²) >= 11 is 1.68. The normalized spacial score (nSPS) is 14.7. The van der Waals surface area contributed by atoms with Crippen LogP contribution in [0.2, 0.25) is 0 Å². The maximum atomic E-state index is 9.50. The van der Waals surface area contributed by atoms with Gasteiger partial charge in [0.05, 0.1) is 6.61 Å². The highest BCUT2D eigenvalue weighted by atomic mass is 32.1. The Kier molecular flexibility index (Phi) is 3.21. The highest BCUT2D eigenvalue weighted by Gasteiger charge is 2.16. The predicted octanol–water partition coefficient (Wildman–Crippen LogP) is 2.80. The molecule has 1 N–H and O–H groups in total. The molecule has 3 nitrogen and oxygen atoms in total. The molecule has 1 aliphatic heterocycles. The van der Waals surface area contributed by atoms with Gasteiger partial charge in [0.15, 0.2) is 11.5 Å². The van der Waals surface area contributed by atoms with Gasteiger partial charge in [0, 0.05) is 10.8 Å². The molecule has 0 bridgehead atoms. The Labute approximate surface area is 110 Å². The first-order chi connectivity index (χ1) is 8.86. The Morgan fingerprint density at radius 1 is 1.22 bits per heavy atom. The van der Waals surface area contributed by atoms with Gasteiger partial charge in [-0.2, -0.15) is 0 Å². The minimum atomic E-state index is 0.158. The van der Waals surface area contributed by atoms with Crippen LogP contribution in [-0.4, -0.2) is 18.5 Å². The third-order valence-corrected chi connectivity index (χ3v) is 4.12. The Hall–Kier alpha value is -1.52. The number of hydrogen-bond acceptors (Lipinski definition) is 4. The van der Waals surface area contributed by atoms with Crippen molar-refractivity contribution in [3.63, 3.8) is 0 Å². The fraction of sp³-hybridized carbons (Fsp3) is 0.286. The number of aliphatic hydroxyl groups excluding tert-OH is 1. The molecule has 3 rings (SSSR count). The summed E-state index contributed by atoms with van der Waals surface area (Å²) in [6, 6.07) is 10.0. The Morgan fingerprint density at radius 2 is 2.11 bits per heavy atom. The fourth-order valence-corrected chi connectivity index (χ4v) is 2.95. The molecule has 1 aliphatic rings. The lowest BCUT2D eigenvalue weighted by Gasteiger charge is -2.12. The maximum absolute atomic E-state index is 9.50. The second kappa shape index (κ2) is 5.00. The minimum Gasteiger partial charge on any atom is -0.454 e. The van der Waals surface area contributed by atoms with Crippen molar-refractivity contribution in [3.05, 3.63) is 46.2 Å². The first kappa shape index (κ1) is 11.6. The maximum Gasteiger partial charge on any atom is 0.231 e. The van der Waals surface area contributed by atoms with Crippen LogP contribution in [0.25, 0.3) is 0 Å². The van der Waals surface area contributed by atoms with Crippen molar-refractivity contribution in [1.82, 2.24) is 0 Å². The van der Waals surface area contributed by atoms with E-state index in [2.05, 4.69) is 6.07 Å². The molecule has 1 aromatic heterocycles. The number of hydrogen-bond donors (Lipinski definition) is 1. The van der Waals surface area contributed by atoms with E-state index in [1.54, 1.807) is 11.3 Å². The third kappa shape index (κ3) is 2.21. The lowest BCUT2D eigenvalue weighted by atomic mass is 9.98. The molecule has 0 fully saturated rings.